The zero-order valence-corrected chi connectivity index (χ0v) is 13.0. The zero-order valence-electron chi connectivity index (χ0n) is 11.4. The molecule has 106 valence electrons. The van der Waals surface area contributed by atoms with Crippen LogP contribution in [0.3, 0.4) is 0 Å². The van der Waals surface area contributed by atoms with Gasteiger partial charge in [-0.2, -0.15) is 0 Å². The second-order valence-corrected chi connectivity index (χ2v) is 6.06. The van der Waals surface area contributed by atoms with Crippen molar-refractivity contribution < 1.29 is 9.84 Å². The van der Waals surface area contributed by atoms with Crippen LogP contribution in [-0.4, -0.2) is 42.9 Å². The van der Waals surface area contributed by atoms with E-state index in [0.29, 0.717) is 12.5 Å². The van der Waals surface area contributed by atoms with Crippen molar-refractivity contribution >= 4 is 15.9 Å². The Labute approximate surface area is 123 Å². The normalized spacial score (nSPS) is 20.9. The third kappa shape index (κ3) is 4.56. The molecule has 2 atom stereocenters. The second-order valence-electron chi connectivity index (χ2n) is 5.15. The molecule has 0 aliphatic carbocycles. The molecule has 1 aromatic rings. The number of aliphatic hydroxyl groups is 1. The maximum Gasteiger partial charge on any atom is 0.0916 e. The van der Waals surface area contributed by atoms with Crippen molar-refractivity contribution in [2.75, 3.05) is 32.8 Å². The van der Waals surface area contributed by atoms with E-state index in [9.17, 15) is 5.11 Å². The quantitative estimate of drug-likeness (QED) is 0.872. The Kier molecular flexibility index (Phi) is 5.82. The summed E-state index contributed by atoms with van der Waals surface area (Å²) in [5.41, 5.74) is 0.976. The van der Waals surface area contributed by atoms with Gasteiger partial charge in [0, 0.05) is 24.2 Å². The molecule has 19 heavy (non-hydrogen) atoms. The average molecular weight is 328 g/mol. The molecule has 2 unspecified atom stereocenters. The van der Waals surface area contributed by atoms with Crippen LogP contribution in [0.1, 0.15) is 25.0 Å². The molecule has 0 aromatic heterocycles. The number of nitrogens with zero attached hydrogens (tertiary/aromatic N) is 1. The van der Waals surface area contributed by atoms with Gasteiger partial charge >= 0.3 is 0 Å². The highest BCUT2D eigenvalue weighted by Crippen LogP contribution is 2.19. The summed E-state index contributed by atoms with van der Waals surface area (Å²) < 4.78 is 6.45. The molecule has 1 fully saturated rings. The first-order chi connectivity index (χ1) is 9.19. The van der Waals surface area contributed by atoms with Crippen LogP contribution in [0.2, 0.25) is 0 Å². The van der Waals surface area contributed by atoms with E-state index < -0.39 is 6.10 Å². The van der Waals surface area contributed by atoms with Crippen molar-refractivity contribution in [3.8, 4) is 0 Å². The van der Waals surface area contributed by atoms with E-state index >= 15 is 0 Å². The molecular formula is C15H22BrNO2. The number of ether oxygens (including phenoxy) is 1. The van der Waals surface area contributed by atoms with Crippen molar-refractivity contribution in [2.24, 2.45) is 5.92 Å². The van der Waals surface area contributed by atoms with Crippen molar-refractivity contribution in [1.29, 1.82) is 0 Å². The van der Waals surface area contributed by atoms with E-state index in [1.165, 1.54) is 0 Å². The van der Waals surface area contributed by atoms with Crippen LogP contribution >= 0.6 is 15.9 Å². The predicted molar refractivity (Wildman–Crippen MR) is 80.1 cm³/mol. The van der Waals surface area contributed by atoms with Gasteiger partial charge in [0.2, 0.25) is 0 Å². The Morgan fingerprint density at radius 1 is 1.42 bits per heavy atom. The van der Waals surface area contributed by atoms with E-state index in [4.69, 9.17) is 4.74 Å². The molecule has 0 bridgehead atoms. The van der Waals surface area contributed by atoms with Gasteiger partial charge in [0.1, 0.15) is 0 Å². The number of benzene rings is 1. The summed E-state index contributed by atoms with van der Waals surface area (Å²) in [5.74, 6) is 0.622. The molecule has 0 saturated carbocycles. The van der Waals surface area contributed by atoms with E-state index in [1.807, 2.05) is 24.3 Å². The highest BCUT2D eigenvalue weighted by Gasteiger charge is 2.20. The molecule has 1 aliphatic heterocycles. The van der Waals surface area contributed by atoms with Crippen molar-refractivity contribution in [2.45, 2.75) is 19.4 Å². The van der Waals surface area contributed by atoms with Crippen molar-refractivity contribution in [3.05, 3.63) is 34.3 Å². The lowest BCUT2D eigenvalue weighted by atomic mass is 10.1. The molecule has 0 amide bonds. The summed E-state index contributed by atoms with van der Waals surface area (Å²) in [6.45, 7) is 6.56. The number of aliphatic hydroxyl groups excluding tert-OH is 1. The van der Waals surface area contributed by atoms with Crippen LogP contribution in [0.25, 0.3) is 0 Å². The number of halogens is 1. The topological polar surface area (TPSA) is 32.7 Å². The minimum absolute atomic E-state index is 0.421. The van der Waals surface area contributed by atoms with Gasteiger partial charge < -0.3 is 14.7 Å². The molecule has 3 nitrogen and oxygen atoms in total. The SMILES string of the molecule is CCN(CC1CCOC1)CC(O)c1ccc(Br)cc1. The molecule has 4 heteroatoms. The summed E-state index contributed by atoms with van der Waals surface area (Å²) in [4.78, 5) is 2.31. The first-order valence-electron chi connectivity index (χ1n) is 6.92. The summed E-state index contributed by atoms with van der Waals surface area (Å²) in [7, 11) is 0. The lowest BCUT2D eigenvalue weighted by Gasteiger charge is -2.26. The minimum Gasteiger partial charge on any atom is -0.387 e. The van der Waals surface area contributed by atoms with Crippen LogP contribution < -0.4 is 0 Å². The number of hydrogen-bond donors (Lipinski definition) is 1. The van der Waals surface area contributed by atoms with Gasteiger partial charge in [-0.3, -0.25) is 0 Å². The van der Waals surface area contributed by atoms with Crippen molar-refractivity contribution in [3.63, 3.8) is 0 Å². The molecule has 1 aliphatic rings. The molecule has 2 rings (SSSR count). The van der Waals surface area contributed by atoms with Crippen LogP contribution in [0.15, 0.2) is 28.7 Å². The Morgan fingerprint density at radius 2 is 2.16 bits per heavy atom. The molecule has 0 radical (unpaired) electrons. The molecule has 1 aromatic carbocycles. The third-order valence-electron chi connectivity index (χ3n) is 3.67. The fourth-order valence-corrected chi connectivity index (χ4v) is 2.72. The summed E-state index contributed by atoms with van der Waals surface area (Å²) in [6.07, 6.45) is 0.723. The van der Waals surface area contributed by atoms with E-state index in [1.54, 1.807) is 0 Å². The summed E-state index contributed by atoms with van der Waals surface area (Å²) in [6, 6.07) is 7.89. The molecule has 1 saturated heterocycles. The largest absolute Gasteiger partial charge is 0.387 e. The number of hydrogen-bond acceptors (Lipinski definition) is 3. The third-order valence-corrected chi connectivity index (χ3v) is 4.20. The highest BCUT2D eigenvalue weighted by atomic mass is 79.9. The van der Waals surface area contributed by atoms with Gasteiger partial charge in [0.15, 0.2) is 0 Å². The molecule has 1 N–H and O–H groups in total. The monoisotopic (exact) mass is 327 g/mol. The lowest BCUT2D eigenvalue weighted by Crippen LogP contribution is -2.33. The maximum absolute atomic E-state index is 10.3. The standard InChI is InChI=1S/C15H22BrNO2/c1-2-17(9-12-7-8-19-11-12)10-15(18)13-3-5-14(16)6-4-13/h3-6,12,15,18H,2,7-11H2,1H3. The minimum atomic E-state index is -0.421. The molecular weight excluding hydrogens is 306 g/mol. The van der Waals surface area contributed by atoms with Gasteiger partial charge in [-0.05, 0) is 36.6 Å². The Morgan fingerprint density at radius 3 is 2.74 bits per heavy atom. The van der Waals surface area contributed by atoms with Crippen molar-refractivity contribution in [1.82, 2.24) is 4.90 Å². The Hall–Kier alpha value is -0.420. The highest BCUT2D eigenvalue weighted by molar-refractivity contribution is 9.10. The number of likely N-dealkylation sites (N-methyl/N-ethyl adjacent to an activating group) is 1. The van der Waals surface area contributed by atoms with Crippen LogP contribution in [-0.2, 0) is 4.74 Å². The van der Waals surface area contributed by atoms with E-state index in [0.717, 1.165) is 42.8 Å². The van der Waals surface area contributed by atoms with Crippen LogP contribution in [0, 0.1) is 5.92 Å². The fraction of sp³-hybridized carbons (Fsp3) is 0.600. The summed E-state index contributed by atoms with van der Waals surface area (Å²) in [5, 5.41) is 10.3. The zero-order chi connectivity index (χ0) is 13.7. The lowest BCUT2D eigenvalue weighted by molar-refractivity contribution is 0.102. The molecule has 0 spiro atoms. The Balaban J connectivity index is 1.87. The maximum atomic E-state index is 10.3. The first kappa shape index (κ1) is 15.0. The summed E-state index contributed by atoms with van der Waals surface area (Å²) >= 11 is 3.41. The predicted octanol–water partition coefficient (Wildman–Crippen LogP) is 2.84. The van der Waals surface area contributed by atoms with Crippen LogP contribution in [0.4, 0.5) is 0 Å². The second kappa shape index (κ2) is 7.39. The van der Waals surface area contributed by atoms with Gasteiger partial charge in [0.25, 0.3) is 0 Å². The van der Waals surface area contributed by atoms with Gasteiger partial charge in [0.05, 0.1) is 12.7 Å². The van der Waals surface area contributed by atoms with Gasteiger partial charge in [-0.15, -0.1) is 0 Å². The van der Waals surface area contributed by atoms with Gasteiger partial charge in [-0.1, -0.05) is 35.0 Å². The Bertz CT molecular complexity index is 376. The number of rotatable bonds is 6. The van der Waals surface area contributed by atoms with E-state index in [-0.39, 0.29) is 0 Å². The van der Waals surface area contributed by atoms with E-state index in [2.05, 4.69) is 27.8 Å². The fourth-order valence-electron chi connectivity index (χ4n) is 2.46. The smallest absolute Gasteiger partial charge is 0.0916 e. The molecule has 1 heterocycles. The first-order valence-corrected chi connectivity index (χ1v) is 7.72. The average Bonchev–Trinajstić information content (AvgIpc) is 2.91. The van der Waals surface area contributed by atoms with Gasteiger partial charge in [-0.25, -0.2) is 0 Å². The van der Waals surface area contributed by atoms with Crippen LogP contribution in [0.5, 0.6) is 0 Å².